The third kappa shape index (κ3) is 3.56. The van der Waals surface area contributed by atoms with E-state index in [1.54, 1.807) is 0 Å². The lowest BCUT2D eigenvalue weighted by molar-refractivity contribution is -0.360. The fourth-order valence-electron chi connectivity index (χ4n) is 1.45. The molecule has 0 radical (unpaired) electrons. The van der Waals surface area contributed by atoms with Crippen molar-refractivity contribution in [2.24, 2.45) is 0 Å². The van der Waals surface area contributed by atoms with Gasteiger partial charge in [0.2, 0.25) is 0 Å². The number of alkyl halides is 5. The maximum atomic E-state index is 12.8. The zero-order valence-corrected chi connectivity index (χ0v) is 11.2. The van der Waals surface area contributed by atoms with E-state index in [1.807, 2.05) is 5.32 Å². The smallest absolute Gasteiger partial charge is 0.426 e. The summed E-state index contributed by atoms with van der Waals surface area (Å²) in [5, 5.41) is 1.37. The van der Waals surface area contributed by atoms with Crippen LogP contribution in [0.3, 0.4) is 0 Å². The molecule has 0 atom stereocenters. The molecule has 2 rings (SSSR count). The van der Waals surface area contributed by atoms with Gasteiger partial charge in [-0.3, -0.25) is 14.9 Å². The first-order valence-electron chi connectivity index (χ1n) is 5.57. The standard InChI is InChI=1S/C12H6F5NO3S/c13-11(14,15)12(16,17)21-7-3-1-2-6(4-7)5-8-9(19)18-10(20)22-8/h1-5H,(H,18,19,20). The highest BCUT2D eigenvalue weighted by atomic mass is 32.2. The molecule has 2 amide bonds. The van der Waals surface area contributed by atoms with Gasteiger partial charge in [0, 0.05) is 0 Å². The van der Waals surface area contributed by atoms with Crippen molar-refractivity contribution < 1.29 is 36.3 Å². The summed E-state index contributed by atoms with van der Waals surface area (Å²) >= 11 is 0.584. The van der Waals surface area contributed by atoms with Crippen LogP contribution in [0.2, 0.25) is 0 Å². The molecule has 1 aliphatic heterocycles. The van der Waals surface area contributed by atoms with Gasteiger partial charge in [-0.05, 0) is 35.5 Å². The van der Waals surface area contributed by atoms with Gasteiger partial charge >= 0.3 is 12.3 Å². The summed E-state index contributed by atoms with van der Waals surface area (Å²) in [5.74, 6) is -1.41. The van der Waals surface area contributed by atoms with E-state index >= 15 is 0 Å². The lowest BCUT2D eigenvalue weighted by Crippen LogP contribution is -2.41. The van der Waals surface area contributed by atoms with Crippen LogP contribution in [0.25, 0.3) is 6.08 Å². The van der Waals surface area contributed by atoms with Gasteiger partial charge in [-0.2, -0.15) is 22.0 Å². The number of hydrogen-bond acceptors (Lipinski definition) is 4. The monoisotopic (exact) mass is 339 g/mol. The number of hydrogen-bond donors (Lipinski definition) is 1. The van der Waals surface area contributed by atoms with Gasteiger partial charge in [0.25, 0.3) is 11.1 Å². The molecule has 118 valence electrons. The normalized spacial score (nSPS) is 17.8. The van der Waals surface area contributed by atoms with Gasteiger partial charge in [0.1, 0.15) is 5.75 Å². The summed E-state index contributed by atoms with van der Waals surface area (Å²) in [6.07, 6.45) is -10.0. The van der Waals surface area contributed by atoms with Gasteiger partial charge in [-0.1, -0.05) is 12.1 Å². The lowest BCUT2D eigenvalue weighted by atomic mass is 10.2. The van der Waals surface area contributed by atoms with Crippen LogP contribution in [-0.2, 0) is 4.79 Å². The maximum Gasteiger partial charge on any atom is 0.499 e. The Hall–Kier alpha value is -2.10. The number of nitrogens with one attached hydrogen (secondary N) is 1. The van der Waals surface area contributed by atoms with Crippen LogP contribution in [-0.4, -0.2) is 23.4 Å². The number of carbonyl (C=O) groups excluding carboxylic acids is 2. The maximum absolute atomic E-state index is 12.8. The molecular formula is C12H6F5NO3S. The molecule has 1 aliphatic rings. The molecule has 1 N–H and O–H groups in total. The molecule has 0 spiro atoms. The van der Waals surface area contributed by atoms with Crippen molar-refractivity contribution in [3.8, 4) is 5.75 Å². The number of ether oxygens (including phenoxy) is 1. The van der Waals surface area contributed by atoms with Crippen molar-refractivity contribution in [1.29, 1.82) is 0 Å². The van der Waals surface area contributed by atoms with Crippen LogP contribution >= 0.6 is 11.8 Å². The minimum absolute atomic E-state index is 0.00951. The summed E-state index contributed by atoms with van der Waals surface area (Å²) in [6, 6.07) is 4.33. The average molecular weight is 339 g/mol. The van der Waals surface area contributed by atoms with E-state index in [4.69, 9.17) is 0 Å². The predicted molar refractivity (Wildman–Crippen MR) is 67.2 cm³/mol. The highest BCUT2D eigenvalue weighted by Gasteiger charge is 2.61. The highest BCUT2D eigenvalue weighted by molar-refractivity contribution is 8.18. The molecule has 1 saturated heterocycles. The third-order valence-electron chi connectivity index (χ3n) is 2.37. The molecule has 22 heavy (non-hydrogen) atoms. The molecule has 1 fully saturated rings. The van der Waals surface area contributed by atoms with Gasteiger partial charge < -0.3 is 4.74 Å². The van der Waals surface area contributed by atoms with E-state index in [9.17, 15) is 31.5 Å². The fourth-order valence-corrected chi connectivity index (χ4v) is 2.13. The second-order valence-electron chi connectivity index (χ2n) is 4.04. The quantitative estimate of drug-likeness (QED) is 0.676. The SMILES string of the molecule is O=C1NC(=O)C(=Cc2cccc(OC(F)(F)C(F)(F)F)c2)S1. The first kappa shape index (κ1) is 16.3. The van der Waals surface area contributed by atoms with Crippen molar-refractivity contribution >= 4 is 29.0 Å². The Morgan fingerprint density at radius 1 is 1.14 bits per heavy atom. The van der Waals surface area contributed by atoms with Crippen molar-refractivity contribution in [3.63, 3.8) is 0 Å². The van der Waals surface area contributed by atoms with Crippen LogP contribution < -0.4 is 10.1 Å². The Bertz CT molecular complexity index is 656. The second kappa shape index (κ2) is 5.59. The summed E-state index contributed by atoms with van der Waals surface area (Å²) in [6.45, 7) is 0. The number of rotatable bonds is 3. The summed E-state index contributed by atoms with van der Waals surface area (Å²) in [5.41, 5.74) is 0.128. The Morgan fingerprint density at radius 2 is 1.82 bits per heavy atom. The molecule has 0 aliphatic carbocycles. The van der Waals surface area contributed by atoms with Crippen molar-refractivity contribution in [2.75, 3.05) is 0 Å². The van der Waals surface area contributed by atoms with Crippen LogP contribution in [0.1, 0.15) is 5.56 Å². The van der Waals surface area contributed by atoms with Crippen LogP contribution in [0.5, 0.6) is 5.75 Å². The minimum atomic E-state index is -5.85. The summed E-state index contributed by atoms with van der Waals surface area (Å²) in [7, 11) is 0. The summed E-state index contributed by atoms with van der Waals surface area (Å²) in [4.78, 5) is 22.3. The Labute approximate surface area is 124 Å². The van der Waals surface area contributed by atoms with Gasteiger partial charge in [0.15, 0.2) is 0 Å². The van der Waals surface area contributed by atoms with Crippen LogP contribution in [0.4, 0.5) is 26.7 Å². The van der Waals surface area contributed by atoms with Crippen molar-refractivity contribution in [2.45, 2.75) is 12.3 Å². The van der Waals surface area contributed by atoms with Crippen molar-refractivity contribution in [3.05, 3.63) is 34.7 Å². The largest absolute Gasteiger partial charge is 0.499 e. The van der Waals surface area contributed by atoms with E-state index in [-0.39, 0.29) is 10.5 Å². The Kier molecular flexibility index (Phi) is 4.14. The van der Waals surface area contributed by atoms with Crippen LogP contribution in [0, 0.1) is 0 Å². The Balaban J connectivity index is 2.23. The number of imide groups is 1. The summed E-state index contributed by atoms with van der Waals surface area (Å²) < 4.78 is 65.4. The minimum Gasteiger partial charge on any atom is -0.426 e. The molecule has 0 aromatic heterocycles. The zero-order chi connectivity index (χ0) is 16.5. The van der Waals surface area contributed by atoms with Crippen molar-refractivity contribution in [1.82, 2.24) is 5.32 Å². The Morgan fingerprint density at radius 3 is 2.36 bits per heavy atom. The van der Waals surface area contributed by atoms with Crippen LogP contribution in [0.15, 0.2) is 29.2 Å². The van der Waals surface area contributed by atoms with Gasteiger partial charge in [0.05, 0.1) is 4.91 Å². The first-order chi connectivity index (χ1) is 10.1. The molecule has 1 aromatic carbocycles. The number of amides is 2. The number of carbonyl (C=O) groups is 2. The molecule has 1 aromatic rings. The van der Waals surface area contributed by atoms with E-state index in [0.717, 1.165) is 12.1 Å². The number of thioether (sulfide) groups is 1. The molecule has 1 heterocycles. The number of halogens is 5. The molecule has 4 nitrogen and oxygen atoms in total. The topological polar surface area (TPSA) is 55.4 Å². The number of benzene rings is 1. The average Bonchev–Trinajstić information content (AvgIpc) is 2.66. The van der Waals surface area contributed by atoms with Gasteiger partial charge in [-0.15, -0.1) is 0 Å². The zero-order valence-electron chi connectivity index (χ0n) is 10.4. The lowest BCUT2D eigenvalue weighted by Gasteiger charge is -2.20. The van der Waals surface area contributed by atoms with E-state index in [2.05, 4.69) is 4.74 Å². The highest BCUT2D eigenvalue weighted by Crippen LogP contribution is 2.37. The molecule has 10 heteroatoms. The molecule has 0 saturated carbocycles. The van der Waals surface area contributed by atoms with Gasteiger partial charge in [-0.25, -0.2) is 0 Å². The molecular weight excluding hydrogens is 333 g/mol. The predicted octanol–water partition coefficient (Wildman–Crippen LogP) is 3.54. The third-order valence-corrected chi connectivity index (χ3v) is 3.18. The fraction of sp³-hybridized carbons (Fsp3) is 0.167. The van der Waals surface area contributed by atoms with E-state index in [0.29, 0.717) is 11.8 Å². The molecule has 0 unspecified atom stereocenters. The van der Waals surface area contributed by atoms with E-state index in [1.165, 1.54) is 18.2 Å². The second-order valence-corrected chi connectivity index (χ2v) is 5.06. The van der Waals surface area contributed by atoms with E-state index < -0.39 is 29.2 Å². The molecule has 0 bridgehead atoms. The first-order valence-corrected chi connectivity index (χ1v) is 6.38.